The molecule has 0 aliphatic carbocycles. The van der Waals surface area contributed by atoms with E-state index < -0.39 is 0 Å². The first kappa shape index (κ1) is 14.0. The van der Waals surface area contributed by atoms with E-state index in [1.165, 1.54) is 6.33 Å². The summed E-state index contributed by atoms with van der Waals surface area (Å²) < 4.78 is 11.1. The maximum absolute atomic E-state index is 5.84. The largest absolute Gasteiger partial charge is 0.489 e. The van der Waals surface area contributed by atoms with Gasteiger partial charge < -0.3 is 14.8 Å². The molecule has 0 spiro atoms. The Bertz CT molecular complexity index is 602. The van der Waals surface area contributed by atoms with Crippen LogP contribution in [0.4, 0.5) is 5.82 Å². The van der Waals surface area contributed by atoms with Crippen LogP contribution in [0.1, 0.15) is 18.3 Å². The highest BCUT2D eigenvalue weighted by Gasteiger charge is 2.15. The number of anilines is 1. The lowest BCUT2D eigenvalue weighted by molar-refractivity contribution is 0.367. The topological polar surface area (TPSA) is 69.2 Å². The highest BCUT2D eigenvalue weighted by molar-refractivity contribution is 5.55. The number of aryl methyl sites for hydroxylation is 2. The van der Waals surface area contributed by atoms with Crippen LogP contribution >= 0.6 is 0 Å². The Morgan fingerprint density at radius 2 is 2.05 bits per heavy atom. The molecular formula is C14H18N4O2. The first-order valence-corrected chi connectivity index (χ1v) is 6.40. The number of methoxy groups -OCH3 is 1. The number of hydrogen-bond acceptors (Lipinski definition) is 6. The van der Waals surface area contributed by atoms with Crippen molar-refractivity contribution in [2.75, 3.05) is 19.5 Å². The number of aromatic nitrogens is 3. The number of nitrogens with zero attached hydrogens (tertiary/aromatic N) is 3. The first-order chi connectivity index (χ1) is 9.69. The molecule has 0 unspecified atom stereocenters. The van der Waals surface area contributed by atoms with E-state index in [9.17, 15) is 0 Å². The Labute approximate surface area is 118 Å². The lowest BCUT2D eigenvalue weighted by Crippen LogP contribution is -2.02. The molecule has 0 amide bonds. The minimum absolute atomic E-state index is 0.368. The van der Waals surface area contributed by atoms with Crippen molar-refractivity contribution in [2.24, 2.45) is 0 Å². The maximum atomic E-state index is 5.84. The lowest BCUT2D eigenvalue weighted by Gasteiger charge is -2.13. The predicted octanol–water partition coefficient (Wildman–Crippen LogP) is 2.59. The second-order valence-electron chi connectivity index (χ2n) is 4.16. The average molecular weight is 274 g/mol. The molecule has 0 aliphatic heterocycles. The van der Waals surface area contributed by atoms with Gasteiger partial charge in [-0.15, -0.1) is 0 Å². The molecule has 0 fully saturated rings. The van der Waals surface area contributed by atoms with Crippen molar-refractivity contribution < 1.29 is 9.47 Å². The quantitative estimate of drug-likeness (QED) is 0.903. The van der Waals surface area contributed by atoms with E-state index in [-0.39, 0.29) is 0 Å². The summed E-state index contributed by atoms with van der Waals surface area (Å²) in [5.41, 5.74) is 1.84. The van der Waals surface area contributed by atoms with Crippen LogP contribution in [0.2, 0.25) is 0 Å². The Balaban J connectivity index is 2.39. The van der Waals surface area contributed by atoms with E-state index in [1.54, 1.807) is 14.2 Å². The number of rotatable bonds is 5. The molecule has 0 saturated heterocycles. The van der Waals surface area contributed by atoms with Gasteiger partial charge in [0.15, 0.2) is 11.6 Å². The molecule has 1 N–H and O–H groups in total. The number of pyridine rings is 1. The van der Waals surface area contributed by atoms with E-state index in [0.29, 0.717) is 23.2 Å². The summed E-state index contributed by atoms with van der Waals surface area (Å²) >= 11 is 0. The molecular weight excluding hydrogens is 256 g/mol. The molecule has 2 aromatic rings. The number of nitrogens with one attached hydrogen (secondary N) is 1. The molecule has 0 aliphatic rings. The minimum Gasteiger partial charge on any atom is -0.489 e. The lowest BCUT2D eigenvalue weighted by atomic mass is 10.2. The van der Waals surface area contributed by atoms with Crippen LogP contribution in [-0.2, 0) is 6.42 Å². The Kier molecular flexibility index (Phi) is 4.34. The van der Waals surface area contributed by atoms with Gasteiger partial charge in [-0.05, 0) is 25.5 Å². The van der Waals surface area contributed by atoms with Crippen LogP contribution in [0, 0.1) is 6.92 Å². The van der Waals surface area contributed by atoms with Crippen LogP contribution in [-0.4, -0.2) is 29.1 Å². The van der Waals surface area contributed by atoms with Gasteiger partial charge in [-0.2, -0.15) is 4.98 Å². The molecule has 0 atom stereocenters. The molecule has 0 bridgehead atoms. The van der Waals surface area contributed by atoms with Crippen molar-refractivity contribution in [3.8, 4) is 17.4 Å². The fraction of sp³-hybridized carbons (Fsp3) is 0.357. The molecule has 2 aromatic heterocycles. The van der Waals surface area contributed by atoms with Crippen molar-refractivity contribution in [1.29, 1.82) is 0 Å². The smallest absolute Gasteiger partial charge is 0.268 e. The molecule has 0 aromatic carbocycles. The van der Waals surface area contributed by atoms with Crippen molar-refractivity contribution in [3.63, 3.8) is 0 Å². The zero-order chi connectivity index (χ0) is 14.5. The number of ether oxygens (including phenoxy) is 2. The normalized spacial score (nSPS) is 10.2. The molecule has 2 rings (SSSR count). The zero-order valence-corrected chi connectivity index (χ0v) is 12.1. The summed E-state index contributed by atoms with van der Waals surface area (Å²) in [4.78, 5) is 12.7. The average Bonchev–Trinajstić information content (AvgIpc) is 2.48. The molecule has 6 nitrogen and oxygen atoms in total. The minimum atomic E-state index is 0.368. The van der Waals surface area contributed by atoms with Crippen LogP contribution in [0.3, 0.4) is 0 Å². The predicted molar refractivity (Wildman–Crippen MR) is 76.6 cm³/mol. The van der Waals surface area contributed by atoms with Gasteiger partial charge in [0.1, 0.15) is 6.33 Å². The van der Waals surface area contributed by atoms with Crippen molar-refractivity contribution in [1.82, 2.24) is 15.0 Å². The fourth-order valence-corrected chi connectivity index (χ4v) is 1.84. The highest BCUT2D eigenvalue weighted by atomic mass is 16.5. The Morgan fingerprint density at radius 1 is 1.25 bits per heavy atom. The summed E-state index contributed by atoms with van der Waals surface area (Å²) in [6.07, 6.45) is 2.21. The molecule has 0 saturated carbocycles. The monoisotopic (exact) mass is 274 g/mol. The van der Waals surface area contributed by atoms with Gasteiger partial charge in [0, 0.05) is 12.7 Å². The second-order valence-corrected chi connectivity index (χ2v) is 4.16. The standard InChI is InChI=1S/C14H18N4O2/c1-5-10-11(7-6-9(2)18-10)20-14-12(19-4)13(15-3)16-8-17-14/h6-8H,5H2,1-4H3,(H,15,16,17). The van der Waals surface area contributed by atoms with Crippen molar-refractivity contribution in [2.45, 2.75) is 20.3 Å². The first-order valence-electron chi connectivity index (χ1n) is 6.40. The maximum Gasteiger partial charge on any atom is 0.268 e. The van der Waals surface area contributed by atoms with Crippen LogP contribution in [0.5, 0.6) is 17.4 Å². The van der Waals surface area contributed by atoms with Crippen LogP contribution in [0.15, 0.2) is 18.5 Å². The third-order valence-corrected chi connectivity index (χ3v) is 2.83. The van der Waals surface area contributed by atoms with Crippen LogP contribution < -0.4 is 14.8 Å². The Hall–Kier alpha value is -2.37. The fourth-order valence-electron chi connectivity index (χ4n) is 1.84. The highest BCUT2D eigenvalue weighted by Crippen LogP contribution is 2.34. The third-order valence-electron chi connectivity index (χ3n) is 2.83. The van der Waals surface area contributed by atoms with Gasteiger partial charge in [-0.25, -0.2) is 4.98 Å². The van der Waals surface area contributed by atoms with Gasteiger partial charge in [-0.1, -0.05) is 6.92 Å². The van der Waals surface area contributed by atoms with E-state index in [2.05, 4.69) is 20.3 Å². The summed E-state index contributed by atoms with van der Waals surface area (Å²) in [5.74, 6) is 2.10. The van der Waals surface area contributed by atoms with E-state index in [1.807, 2.05) is 26.0 Å². The summed E-state index contributed by atoms with van der Waals surface area (Å²) in [7, 11) is 3.32. The van der Waals surface area contributed by atoms with E-state index in [0.717, 1.165) is 17.8 Å². The number of hydrogen-bond donors (Lipinski definition) is 1. The van der Waals surface area contributed by atoms with Crippen molar-refractivity contribution >= 4 is 5.82 Å². The zero-order valence-electron chi connectivity index (χ0n) is 12.1. The molecule has 0 radical (unpaired) electrons. The van der Waals surface area contributed by atoms with E-state index >= 15 is 0 Å². The van der Waals surface area contributed by atoms with Gasteiger partial charge in [-0.3, -0.25) is 4.98 Å². The van der Waals surface area contributed by atoms with Gasteiger partial charge in [0.2, 0.25) is 5.75 Å². The summed E-state index contributed by atoms with van der Waals surface area (Å²) in [5, 5.41) is 2.94. The van der Waals surface area contributed by atoms with Gasteiger partial charge >= 0.3 is 0 Å². The summed E-state index contributed by atoms with van der Waals surface area (Å²) in [6, 6.07) is 3.79. The van der Waals surface area contributed by atoms with Gasteiger partial charge in [0.25, 0.3) is 5.88 Å². The third kappa shape index (κ3) is 2.79. The molecule has 20 heavy (non-hydrogen) atoms. The second kappa shape index (κ2) is 6.18. The summed E-state index contributed by atoms with van der Waals surface area (Å²) in [6.45, 7) is 3.98. The molecule has 2 heterocycles. The Morgan fingerprint density at radius 3 is 2.70 bits per heavy atom. The van der Waals surface area contributed by atoms with Crippen LogP contribution in [0.25, 0.3) is 0 Å². The SMILES string of the molecule is CCc1nc(C)ccc1Oc1ncnc(NC)c1OC. The molecule has 106 valence electrons. The van der Waals surface area contributed by atoms with E-state index in [4.69, 9.17) is 9.47 Å². The molecule has 6 heteroatoms. The van der Waals surface area contributed by atoms with Crippen molar-refractivity contribution in [3.05, 3.63) is 29.8 Å². The van der Waals surface area contributed by atoms with Gasteiger partial charge in [0.05, 0.1) is 12.8 Å².